The van der Waals surface area contributed by atoms with Gasteiger partial charge in [-0.1, -0.05) is 0 Å². The molecule has 1 heterocycles. The van der Waals surface area contributed by atoms with Crippen molar-refractivity contribution in [3.8, 4) is 0 Å². The Balaban J connectivity index is 2.01. The summed E-state index contributed by atoms with van der Waals surface area (Å²) in [6, 6.07) is 0. The third kappa shape index (κ3) is 2.68. The highest BCUT2D eigenvalue weighted by molar-refractivity contribution is 8.00. The number of nitrogens with one attached hydrogen (secondary N) is 2. The fourth-order valence-corrected chi connectivity index (χ4v) is 2.26. The summed E-state index contributed by atoms with van der Waals surface area (Å²) >= 11 is 7.67. The molecule has 2 rings (SSSR count). The van der Waals surface area contributed by atoms with Crippen LogP contribution in [0.5, 0.6) is 0 Å². The summed E-state index contributed by atoms with van der Waals surface area (Å²) in [7, 11) is 1.75. The summed E-state index contributed by atoms with van der Waals surface area (Å²) in [5.74, 6) is 1.01. The Morgan fingerprint density at radius 1 is 1.31 bits per heavy atom. The second-order valence-electron chi connectivity index (χ2n) is 3.74. The first-order chi connectivity index (χ1) is 7.67. The van der Waals surface area contributed by atoms with Crippen molar-refractivity contribution in [3.63, 3.8) is 0 Å². The Labute approximate surface area is 104 Å². The van der Waals surface area contributed by atoms with Crippen LogP contribution in [-0.4, -0.2) is 39.5 Å². The molecule has 7 heteroatoms. The second-order valence-corrected chi connectivity index (χ2v) is 5.35. The van der Waals surface area contributed by atoms with Crippen molar-refractivity contribution in [2.45, 2.75) is 17.6 Å². The molecule has 2 N–H and O–H groups in total. The summed E-state index contributed by atoms with van der Waals surface area (Å²) in [6.45, 7) is 0.873. The topological polar surface area (TPSA) is 62.7 Å². The maximum absolute atomic E-state index is 5.78. The van der Waals surface area contributed by atoms with Crippen LogP contribution in [0.25, 0.3) is 0 Å². The number of nitrogens with zero attached hydrogens (tertiary/aromatic N) is 3. The molecule has 0 radical (unpaired) electrons. The van der Waals surface area contributed by atoms with E-state index in [4.69, 9.17) is 11.6 Å². The van der Waals surface area contributed by atoms with Crippen molar-refractivity contribution < 1.29 is 0 Å². The molecule has 0 saturated heterocycles. The van der Waals surface area contributed by atoms with Gasteiger partial charge < -0.3 is 10.6 Å². The van der Waals surface area contributed by atoms with Gasteiger partial charge in [0.05, 0.1) is 0 Å². The van der Waals surface area contributed by atoms with Gasteiger partial charge in [0.2, 0.25) is 17.2 Å². The van der Waals surface area contributed by atoms with Crippen molar-refractivity contribution in [2.75, 3.05) is 30.5 Å². The predicted molar refractivity (Wildman–Crippen MR) is 68.4 cm³/mol. The van der Waals surface area contributed by atoms with Crippen LogP contribution in [0.15, 0.2) is 0 Å². The highest BCUT2D eigenvalue weighted by atomic mass is 35.5. The first-order valence-corrected chi connectivity index (χ1v) is 6.66. The predicted octanol–water partition coefficient (Wildman–Crippen LogP) is 1.87. The Hall–Kier alpha value is -0.750. The molecule has 1 aromatic heterocycles. The SMILES string of the molecule is CNc1nc(Cl)nc(NCC2(SC)CC2)n1. The highest BCUT2D eigenvalue weighted by Gasteiger charge is 2.41. The fraction of sp³-hybridized carbons (Fsp3) is 0.667. The van der Waals surface area contributed by atoms with Gasteiger partial charge in [-0.25, -0.2) is 0 Å². The van der Waals surface area contributed by atoms with E-state index in [0.717, 1.165) is 6.54 Å². The van der Waals surface area contributed by atoms with Crippen LogP contribution in [0.3, 0.4) is 0 Å². The van der Waals surface area contributed by atoms with Crippen LogP contribution in [0.4, 0.5) is 11.9 Å². The molecule has 1 aliphatic carbocycles. The summed E-state index contributed by atoms with van der Waals surface area (Å²) in [5.41, 5.74) is 0. The quantitative estimate of drug-likeness (QED) is 0.842. The Morgan fingerprint density at radius 3 is 2.56 bits per heavy atom. The number of hydrogen-bond acceptors (Lipinski definition) is 6. The number of anilines is 2. The van der Waals surface area contributed by atoms with Crippen LogP contribution in [0.1, 0.15) is 12.8 Å². The van der Waals surface area contributed by atoms with Gasteiger partial charge in [0, 0.05) is 18.3 Å². The highest BCUT2D eigenvalue weighted by Crippen LogP contribution is 2.46. The van der Waals surface area contributed by atoms with Gasteiger partial charge in [0.1, 0.15) is 0 Å². The van der Waals surface area contributed by atoms with Gasteiger partial charge in [0.25, 0.3) is 0 Å². The molecule has 1 saturated carbocycles. The molecular weight excluding hydrogens is 246 g/mol. The van der Waals surface area contributed by atoms with Crippen molar-refractivity contribution in [3.05, 3.63) is 5.28 Å². The number of thioether (sulfide) groups is 1. The fourth-order valence-electron chi connectivity index (χ4n) is 1.37. The number of halogens is 1. The maximum Gasteiger partial charge on any atom is 0.228 e. The summed E-state index contributed by atoms with van der Waals surface area (Å²) in [6.07, 6.45) is 4.63. The van der Waals surface area contributed by atoms with Crippen molar-refractivity contribution in [2.24, 2.45) is 0 Å². The summed E-state index contributed by atoms with van der Waals surface area (Å²) < 4.78 is 0.374. The minimum absolute atomic E-state index is 0.204. The van der Waals surface area contributed by atoms with E-state index in [9.17, 15) is 0 Å². The van der Waals surface area contributed by atoms with Gasteiger partial charge in [-0.15, -0.1) is 0 Å². The van der Waals surface area contributed by atoms with Gasteiger partial charge in [-0.05, 0) is 30.7 Å². The lowest BCUT2D eigenvalue weighted by atomic mass is 10.4. The lowest BCUT2D eigenvalue weighted by Crippen LogP contribution is -2.19. The van der Waals surface area contributed by atoms with E-state index < -0.39 is 0 Å². The monoisotopic (exact) mass is 259 g/mol. The molecule has 0 aliphatic heterocycles. The molecule has 1 fully saturated rings. The van der Waals surface area contributed by atoms with E-state index in [2.05, 4.69) is 31.8 Å². The van der Waals surface area contributed by atoms with E-state index in [-0.39, 0.29) is 5.28 Å². The van der Waals surface area contributed by atoms with Gasteiger partial charge in [-0.3, -0.25) is 0 Å². The molecule has 1 aliphatic rings. The van der Waals surface area contributed by atoms with Gasteiger partial charge >= 0.3 is 0 Å². The van der Waals surface area contributed by atoms with E-state index >= 15 is 0 Å². The zero-order valence-electron chi connectivity index (χ0n) is 9.25. The normalized spacial score (nSPS) is 16.9. The molecule has 1 aromatic rings. The zero-order valence-corrected chi connectivity index (χ0v) is 10.8. The molecule has 0 bridgehead atoms. The van der Waals surface area contributed by atoms with Crippen LogP contribution in [0.2, 0.25) is 5.28 Å². The van der Waals surface area contributed by atoms with Crippen LogP contribution in [0, 0.1) is 0 Å². The number of hydrogen-bond donors (Lipinski definition) is 2. The Morgan fingerprint density at radius 2 is 2.00 bits per heavy atom. The third-order valence-corrected chi connectivity index (χ3v) is 4.23. The van der Waals surface area contributed by atoms with Crippen molar-refractivity contribution >= 4 is 35.3 Å². The van der Waals surface area contributed by atoms with E-state index in [1.807, 2.05) is 11.8 Å². The minimum Gasteiger partial charge on any atom is -0.357 e. The average molecular weight is 260 g/mol. The van der Waals surface area contributed by atoms with Crippen LogP contribution in [-0.2, 0) is 0 Å². The van der Waals surface area contributed by atoms with E-state index in [1.54, 1.807) is 7.05 Å². The smallest absolute Gasteiger partial charge is 0.228 e. The minimum atomic E-state index is 0.204. The largest absolute Gasteiger partial charge is 0.357 e. The lowest BCUT2D eigenvalue weighted by Gasteiger charge is -2.13. The van der Waals surface area contributed by atoms with Gasteiger partial charge in [0.15, 0.2) is 0 Å². The molecule has 0 aromatic carbocycles. The van der Waals surface area contributed by atoms with Crippen LogP contribution < -0.4 is 10.6 Å². The average Bonchev–Trinajstić information content (AvgIpc) is 3.06. The molecule has 16 heavy (non-hydrogen) atoms. The van der Waals surface area contributed by atoms with Crippen molar-refractivity contribution in [1.29, 1.82) is 0 Å². The third-order valence-electron chi connectivity index (χ3n) is 2.64. The number of aromatic nitrogens is 3. The molecule has 88 valence electrons. The van der Waals surface area contributed by atoms with Crippen molar-refractivity contribution in [1.82, 2.24) is 15.0 Å². The molecule has 0 atom stereocenters. The molecule has 0 amide bonds. The van der Waals surface area contributed by atoms with E-state index in [1.165, 1.54) is 12.8 Å². The molecular formula is C9H14ClN5S. The zero-order chi connectivity index (χ0) is 11.6. The Kier molecular flexibility index (Phi) is 3.39. The number of rotatable bonds is 5. The molecule has 0 spiro atoms. The molecule has 5 nitrogen and oxygen atoms in total. The first kappa shape index (κ1) is 11.7. The van der Waals surface area contributed by atoms with Crippen LogP contribution >= 0.6 is 23.4 Å². The molecule has 0 unspecified atom stereocenters. The first-order valence-electron chi connectivity index (χ1n) is 5.06. The second kappa shape index (κ2) is 4.63. The Bertz CT molecular complexity index is 382. The van der Waals surface area contributed by atoms with E-state index in [0.29, 0.717) is 16.6 Å². The van der Waals surface area contributed by atoms with Gasteiger partial charge in [-0.2, -0.15) is 26.7 Å². The lowest BCUT2D eigenvalue weighted by molar-refractivity contribution is 0.917. The maximum atomic E-state index is 5.78. The standard InChI is InChI=1S/C9H14ClN5S/c1-11-7-13-6(10)14-8(15-7)12-5-9(16-2)3-4-9/h3-5H2,1-2H3,(H2,11,12,13,14,15). The summed E-state index contributed by atoms with van der Waals surface area (Å²) in [5, 5.41) is 6.25. The summed E-state index contributed by atoms with van der Waals surface area (Å²) in [4.78, 5) is 12.1.